The van der Waals surface area contributed by atoms with Crippen molar-refractivity contribution in [1.29, 1.82) is 0 Å². The summed E-state index contributed by atoms with van der Waals surface area (Å²) in [4.78, 5) is 13.1. The summed E-state index contributed by atoms with van der Waals surface area (Å²) in [6.45, 7) is 0.441. The van der Waals surface area contributed by atoms with Crippen molar-refractivity contribution in [3.8, 4) is 11.4 Å². The number of carboxylic acid groups (broad SMARTS) is 1. The van der Waals surface area contributed by atoms with Gasteiger partial charge in [-0.2, -0.15) is 0 Å². The van der Waals surface area contributed by atoms with E-state index in [1.807, 2.05) is 47.0 Å². The zero-order valence-electron chi connectivity index (χ0n) is 17.2. The van der Waals surface area contributed by atoms with E-state index in [4.69, 9.17) is 27.9 Å². The SMILES string of the molecule is O=C(O)N1Cc2cc(Cl)ccc2-n2c(nnc2[C@H]2CC[C@H](Oc3cccc(Cl)c3)CC2)C1. The fourth-order valence-electron chi connectivity index (χ4n) is 4.60. The topological polar surface area (TPSA) is 80.5 Å². The highest BCUT2D eigenvalue weighted by Gasteiger charge is 2.32. The minimum Gasteiger partial charge on any atom is -0.490 e. The highest BCUT2D eigenvalue weighted by Crippen LogP contribution is 2.37. The molecule has 0 spiro atoms. The highest BCUT2D eigenvalue weighted by atomic mass is 35.5. The summed E-state index contributed by atoms with van der Waals surface area (Å²) in [6, 6.07) is 13.0. The van der Waals surface area contributed by atoms with Gasteiger partial charge in [0, 0.05) is 16.0 Å². The first-order valence-corrected chi connectivity index (χ1v) is 11.4. The number of benzene rings is 2. The average Bonchev–Trinajstić information content (AvgIpc) is 3.10. The lowest BCUT2D eigenvalue weighted by Crippen LogP contribution is -2.28. The van der Waals surface area contributed by atoms with Gasteiger partial charge in [0.05, 0.1) is 24.9 Å². The van der Waals surface area contributed by atoms with E-state index in [1.165, 1.54) is 4.90 Å². The van der Waals surface area contributed by atoms with E-state index in [0.717, 1.165) is 48.5 Å². The van der Waals surface area contributed by atoms with Crippen LogP contribution >= 0.6 is 23.2 Å². The summed E-state index contributed by atoms with van der Waals surface area (Å²) in [6.07, 6.45) is 2.75. The molecule has 0 atom stereocenters. The molecule has 0 bridgehead atoms. The lowest BCUT2D eigenvalue weighted by atomic mass is 9.86. The van der Waals surface area contributed by atoms with E-state index < -0.39 is 6.09 Å². The van der Waals surface area contributed by atoms with Crippen LogP contribution in [-0.2, 0) is 13.1 Å². The van der Waals surface area contributed by atoms with Crippen LogP contribution in [0.1, 0.15) is 48.8 Å². The Hall–Kier alpha value is -2.77. The number of hydrogen-bond donors (Lipinski definition) is 1. The van der Waals surface area contributed by atoms with Gasteiger partial charge in [-0.15, -0.1) is 10.2 Å². The normalized spacial score (nSPS) is 20.2. The van der Waals surface area contributed by atoms with Crippen LogP contribution in [0.4, 0.5) is 4.79 Å². The van der Waals surface area contributed by atoms with Crippen molar-refractivity contribution in [3.05, 3.63) is 69.7 Å². The minimum atomic E-state index is -0.993. The van der Waals surface area contributed by atoms with Crippen LogP contribution in [0, 0.1) is 0 Å². The molecule has 2 aliphatic rings. The van der Waals surface area contributed by atoms with Gasteiger partial charge in [0.25, 0.3) is 0 Å². The van der Waals surface area contributed by atoms with Gasteiger partial charge >= 0.3 is 6.09 Å². The molecule has 1 N–H and O–H groups in total. The second-order valence-electron chi connectivity index (χ2n) is 8.27. The Morgan fingerprint density at radius 3 is 2.53 bits per heavy atom. The van der Waals surface area contributed by atoms with E-state index in [9.17, 15) is 9.90 Å². The number of rotatable bonds is 3. The second-order valence-corrected chi connectivity index (χ2v) is 9.14. The lowest BCUT2D eigenvalue weighted by Gasteiger charge is -2.29. The smallest absolute Gasteiger partial charge is 0.408 e. The second kappa shape index (κ2) is 8.64. The molecule has 7 nitrogen and oxygen atoms in total. The van der Waals surface area contributed by atoms with Crippen molar-refractivity contribution in [2.45, 2.75) is 50.8 Å². The van der Waals surface area contributed by atoms with Gasteiger partial charge in [0.1, 0.15) is 11.6 Å². The highest BCUT2D eigenvalue weighted by molar-refractivity contribution is 6.31. The van der Waals surface area contributed by atoms with Crippen molar-refractivity contribution in [1.82, 2.24) is 19.7 Å². The zero-order valence-corrected chi connectivity index (χ0v) is 18.8. The van der Waals surface area contributed by atoms with Crippen LogP contribution in [0.5, 0.6) is 5.75 Å². The van der Waals surface area contributed by atoms with Gasteiger partial charge in [-0.1, -0.05) is 29.3 Å². The number of ether oxygens (including phenoxy) is 1. The maximum atomic E-state index is 11.7. The maximum Gasteiger partial charge on any atom is 0.408 e. The Kier molecular flexibility index (Phi) is 5.69. The fourth-order valence-corrected chi connectivity index (χ4v) is 4.97. The summed E-state index contributed by atoms with van der Waals surface area (Å²) < 4.78 is 8.16. The van der Waals surface area contributed by atoms with Crippen molar-refractivity contribution in [2.24, 2.45) is 0 Å². The third-order valence-electron chi connectivity index (χ3n) is 6.14. The monoisotopic (exact) mass is 472 g/mol. The van der Waals surface area contributed by atoms with Gasteiger partial charge in [0.2, 0.25) is 0 Å². The van der Waals surface area contributed by atoms with Crippen molar-refractivity contribution in [3.63, 3.8) is 0 Å². The predicted molar refractivity (Wildman–Crippen MR) is 121 cm³/mol. The van der Waals surface area contributed by atoms with Gasteiger partial charge in [-0.3, -0.25) is 9.47 Å². The third-order valence-corrected chi connectivity index (χ3v) is 6.61. The molecule has 32 heavy (non-hydrogen) atoms. The maximum absolute atomic E-state index is 11.7. The Labute approximate surface area is 195 Å². The van der Waals surface area contributed by atoms with Crippen molar-refractivity contribution >= 4 is 29.3 Å². The number of fused-ring (bicyclic) bond motifs is 3. The number of carbonyl (C=O) groups is 1. The lowest BCUT2D eigenvalue weighted by molar-refractivity contribution is 0.138. The third kappa shape index (κ3) is 4.14. The molecule has 1 aromatic heterocycles. The van der Waals surface area contributed by atoms with Crippen LogP contribution in [0.2, 0.25) is 10.0 Å². The van der Waals surface area contributed by atoms with Crippen LogP contribution in [0.3, 0.4) is 0 Å². The molecule has 0 radical (unpaired) electrons. The number of nitrogens with zero attached hydrogens (tertiary/aromatic N) is 4. The van der Waals surface area contributed by atoms with Gasteiger partial charge < -0.3 is 9.84 Å². The first-order valence-electron chi connectivity index (χ1n) is 10.6. The van der Waals surface area contributed by atoms with Gasteiger partial charge in [-0.05, 0) is 67.6 Å². The number of aromatic nitrogens is 3. The molecule has 1 aliphatic carbocycles. The minimum absolute atomic E-state index is 0.129. The fraction of sp³-hybridized carbons (Fsp3) is 0.348. The number of hydrogen-bond acceptors (Lipinski definition) is 4. The van der Waals surface area contributed by atoms with E-state index in [0.29, 0.717) is 15.9 Å². The Balaban J connectivity index is 1.39. The number of halogens is 2. The first kappa shape index (κ1) is 21.1. The molecule has 1 fully saturated rings. The summed E-state index contributed by atoms with van der Waals surface area (Å²) in [5.41, 5.74) is 1.74. The number of amides is 1. The van der Waals surface area contributed by atoms with E-state index in [2.05, 4.69) is 10.2 Å². The van der Waals surface area contributed by atoms with Crippen LogP contribution in [-0.4, -0.2) is 37.0 Å². The van der Waals surface area contributed by atoms with E-state index in [1.54, 1.807) is 0 Å². The first-order chi connectivity index (χ1) is 15.5. The summed E-state index contributed by atoms with van der Waals surface area (Å²) in [7, 11) is 0. The molecular formula is C23H22Cl2N4O3. The summed E-state index contributed by atoms with van der Waals surface area (Å²) in [5.74, 6) is 2.50. The van der Waals surface area contributed by atoms with Crippen LogP contribution < -0.4 is 4.74 Å². The summed E-state index contributed by atoms with van der Waals surface area (Å²) in [5, 5.41) is 19.7. The summed E-state index contributed by atoms with van der Waals surface area (Å²) >= 11 is 12.3. The molecule has 166 valence electrons. The average molecular weight is 473 g/mol. The molecule has 9 heteroatoms. The standard InChI is InChI=1S/C23H22Cl2N4O3/c24-16-2-1-3-19(11-16)32-18-7-4-14(5-8-18)22-27-26-21-13-28(23(30)31)12-15-10-17(25)6-9-20(15)29(21)22/h1-3,6,9-11,14,18H,4-5,7-8,12-13H2,(H,30,31)/t14-,18-. The van der Waals surface area contributed by atoms with Crippen molar-refractivity contribution in [2.75, 3.05) is 0 Å². The largest absolute Gasteiger partial charge is 0.490 e. The van der Waals surface area contributed by atoms with Crippen LogP contribution in [0.25, 0.3) is 5.69 Å². The molecular weight excluding hydrogens is 451 g/mol. The Morgan fingerprint density at radius 1 is 1.00 bits per heavy atom. The molecule has 0 unspecified atom stereocenters. The molecule has 1 saturated carbocycles. The van der Waals surface area contributed by atoms with Gasteiger partial charge in [-0.25, -0.2) is 4.79 Å². The molecule has 1 aliphatic heterocycles. The van der Waals surface area contributed by atoms with Gasteiger partial charge in [0.15, 0.2) is 5.82 Å². The molecule has 3 aromatic rings. The van der Waals surface area contributed by atoms with Crippen molar-refractivity contribution < 1.29 is 14.6 Å². The predicted octanol–water partition coefficient (Wildman–Crippen LogP) is 5.67. The van der Waals surface area contributed by atoms with Crippen LogP contribution in [0.15, 0.2) is 42.5 Å². The molecule has 1 amide bonds. The molecule has 5 rings (SSSR count). The molecule has 0 saturated heterocycles. The Bertz CT molecular complexity index is 1160. The molecule has 2 heterocycles. The Morgan fingerprint density at radius 2 is 1.78 bits per heavy atom. The van der Waals surface area contributed by atoms with E-state index >= 15 is 0 Å². The quantitative estimate of drug-likeness (QED) is 0.530. The zero-order chi connectivity index (χ0) is 22.2. The molecule has 2 aromatic carbocycles. The van der Waals surface area contributed by atoms with E-state index in [-0.39, 0.29) is 25.1 Å².